The number of aliphatic hydroxyl groups is 1. The van der Waals surface area contributed by atoms with E-state index in [-0.39, 0.29) is 11.9 Å². The van der Waals surface area contributed by atoms with Gasteiger partial charge < -0.3 is 24.2 Å². The molecule has 64 heavy (non-hydrogen) atoms. The van der Waals surface area contributed by atoms with E-state index in [4.69, 9.17) is 14.2 Å². The van der Waals surface area contributed by atoms with Crippen molar-refractivity contribution in [3.63, 3.8) is 0 Å². The van der Waals surface area contributed by atoms with Crippen molar-refractivity contribution in [3.8, 4) is 0 Å². The van der Waals surface area contributed by atoms with Crippen LogP contribution in [0.2, 0.25) is 0 Å². The maximum absolute atomic E-state index is 12.3. The first-order valence-corrected chi connectivity index (χ1v) is 28.0. The smallest absolute Gasteiger partial charge is 0.305 e. The third kappa shape index (κ3) is 46.8. The average Bonchev–Trinajstić information content (AvgIpc) is 3.29. The van der Waals surface area contributed by atoms with Crippen LogP contribution in [-0.2, 0) is 23.8 Å². The molecule has 0 aromatic rings. The molecule has 0 fully saturated rings. The first kappa shape index (κ1) is 62.3. The molecule has 0 atom stereocenters. The van der Waals surface area contributed by atoms with Crippen molar-refractivity contribution in [3.05, 3.63) is 24.3 Å². The molecule has 0 aliphatic carbocycles. The fourth-order valence-electron chi connectivity index (χ4n) is 8.49. The van der Waals surface area contributed by atoms with E-state index in [9.17, 15) is 14.7 Å². The molecule has 0 aromatic carbocycles. The molecule has 0 aromatic heterocycles. The predicted octanol–water partition coefficient (Wildman–Crippen LogP) is 16.5. The van der Waals surface area contributed by atoms with Crippen LogP contribution in [-0.4, -0.2) is 73.6 Å². The fraction of sp³-hybridized carbons (Fsp3) is 0.895. The van der Waals surface area contributed by atoms with Gasteiger partial charge in [0.25, 0.3) is 0 Å². The van der Waals surface area contributed by atoms with Crippen LogP contribution in [0.5, 0.6) is 0 Å². The van der Waals surface area contributed by atoms with Gasteiger partial charge >= 0.3 is 11.9 Å². The number of carbonyl (C=O) groups excluding carboxylic acids is 2. The van der Waals surface area contributed by atoms with Gasteiger partial charge in [-0.1, -0.05) is 193 Å². The van der Waals surface area contributed by atoms with Crippen LogP contribution in [0.4, 0.5) is 0 Å². The van der Waals surface area contributed by atoms with Gasteiger partial charge in [-0.2, -0.15) is 0 Å². The maximum atomic E-state index is 12.3. The Morgan fingerprint density at radius 3 is 1.14 bits per heavy atom. The second-order valence-corrected chi connectivity index (χ2v) is 19.1. The number of ether oxygens (including phenoxy) is 3. The minimum Gasteiger partial charge on any atom is -0.466 e. The lowest BCUT2D eigenvalue weighted by atomic mass is 9.87. The first-order chi connectivity index (χ1) is 31.4. The van der Waals surface area contributed by atoms with E-state index in [1.807, 2.05) is 0 Å². The van der Waals surface area contributed by atoms with Crippen molar-refractivity contribution in [2.75, 3.05) is 46.1 Å². The molecule has 0 unspecified atom stereocenters. The summed E-state index contributed by atoms with van der Waals surface area (Å²) in [6.07, 6.45) is 53.1. The van der Waals surface area contributed by atoms with Gasteiger partial charge in [-0.25, -0.2) is 0 Å². The van der Waals surface area contributed by atoms with Crippen LogP contribution < -0.4 is 0 Å². The maximum Gasteiger partial charge on any atom is 0.305 e. The zero-order chi connectivity index (χ0) is 46.7. The average molecular weight is 904 g/mol. The Balaban J connectivity index is 4.07. The largest absolute Gasteiger partial charge is 0.466 e. The second-order valence-electron chi connectivity index (χ2n) is 19.1. The Hall–Kier alpha value is -1.70. The lowest BCUT2D eigenvalue weighted by molar-refractivity contribution is -0.144. The third-order valence-corrected chi connectivity index (χ3v) is 13.0. The van der Waals surface area contributed by atoms with Gasteiger partial charge in [0, 0.05) is 26.0 Å². The van der Waals surface area contributed by atoms with Crippen molar-refractivity contribution in [2.45, 2.75) is 284 Å². The number of nitrogens with zero attached hydrogens (tertiary/aromatic N) is 1. The molecule has 0 saturated carbocycles. The highest BCUT2D eigenvalue weighted by Gasteiger charge is 2.25. The van der Waals surface area contributed by atoms with E-state index < -0.39 is 5.60 Å². The summed E-state index contributed by atoms with van der Waals surface area (Å²) >= 11 is 0. The Labute approximate surface area is 398 Å². The fourth-order valence-corrected chi connectivity index (χ4v) is 8.49. The molecule has 0 spiro atoms. The number of unbranched alkanes of at least 4 members (excludes halogenated alkanes) is 28. The van der Waals surface area contributed by atoms with Gasteiger partial charge in [-0.15, -0.1) is 0 Å². The van der Waals surface area contributed by atoms with Crippen LogP contribution in [0.1, 0.15) is 278 Å². The zero-order valence-corrected chi connectivity index (χ0v) is 43.3. The van der Waals surface area contributed by atoms with Crippen molar-refractivity contribution in [2.24, 2.45) is 0 Å². The van der Waals surface area contributed by atoms with Gasteiger partial charge in [-0.05, 0) is 109 Å². The number of likely N-dealkylation sites (N-methyl/N-ethyl adjacent to an activating group) is 1. The summed E-state index contributed by atoms with van der Waals surface area (Å²) in [5.41, 5.74) is -0.720. The van der Waals surface area contributed by atoms with Crippen LogP contribution in [0.15, 0.2) is 24.3 Å². The molecule has 0 saturated heterocycles. The molecule has 0 radical (unpaired) electrons. The van der Waals surface area contributed by atoms with Gasteiger partial charge in [0.05, 0.1) is 25.4 Å². The Morgan fingerprint density at radius 2 is 0.750 bits per heavy atom. The van der Waals surface area contributed by atoms with Crippen LogP contribution in [0, 0.1) is 0 Å². The Morgan fingerprint density at radius 1 is 0.406 bits per heavy atom. The number of carbonyl (C=O) groups is 2. The van der Waals surface area contributed by atoms with E-state index in [1.54, 1.807) is 0 Å². The number of rotatable bonds is 52. The number of allylic oxidation sites excluding steroid dienone is 4. The van der Waals surface area contributed by atoms with Crippen molar-refractivity contribution in [1.82, 2.24) is 4.90 Å². The third-order valence-electron chi connectivity index (χ3n) is 13.0. The highest BCUT2D eigenvalue weighted by Crippen LogP contribution is 2.27. The molecule has 0 heterocycles. The van der Waals surface area contributed by atoms with Gasteiger partial charge in [0.2, 0.25) is 0 Å². The van der Waals surface area contributed by atoms with E-state index in [0.29, 0.717) is 45.7 Å². The highest BCUT2D eigenvalue weighted by atomic mass is 16.5. The summed E-state index contributed by atoms with van der Waals surface area (Å²) < 4.78 is 17.1. The second kappa shape index (κ2) is 50.7. The number of esters is 2. The van der Waals surface area contributed by atoms with E-state index >= 15 is 0 Å². The summed E-state index contributed by atoms with van der Waals surface area (Å²) in [5, 5.41) is 11.7. The normalized spacial score (nSPS) is 12.1. The molecule has 7 nitrogen and oxygen atoms in total. The van der Waals surface area contributed by atoms with Gasteiger partial charge in [0.1, 0.15) is 0 Å². The van der Waals surface area contributed by atoms with E-state index in [1.165, 1.54) is 141 Å². The van der Waals surface area contributed by atoms with Gasteiger partial charge in [0.15, 0.2) is 0 Å². The lowest BCUT2D eigenvalue weighted by Crippen LogP contribution is -2.31. The van der Waals surface area contributed by atoms with Crippen LogP contribution in [0.25, 0.3) is 0 Å². The summed E-state index contributed by atoms with van der Waals surface area (Å²) in [6.45, 7) is 14.2. The molecule has 7 heteroatoms. The zero-order valence-electron chi connectivity index (χ0n) is 43.3. The summed E-state index contributed by atoms with van der Waals surface area (Å²) in [7, 11) is 0. The first-order valence-electron chi connectivity index (χ1n) is 28.0. The van der Waals surface area contributed by atoms with E-state index in [0.717, 1.165) is 110 Å². The lowest BCUT2D eigenvalue weighted by Gasteiger charge is -2.29. The number of hydrogen-bond donors (Lipinski definition) is 1. The number of hydrogen-bond acceptors (Lipinski definition) is 7. The van der Waals surface area contributed by atoms with E-state index in [2.05, 4.69) is 56.9 Å². The Bertz CT molecular complexity index is 960. The quantitative estimate of drug-likeness (QED) is 0.0370. The molecule has 0 bridgehead atoms. The van der Waals surface area contributed by atoms with Crippen molar-refractivity contribution in [1.29, 1.82) is 0 Å². The highest BCUT2D eigenvalue weighted by molar-refractivity contribution is 5.69. The van der Waals surface area contributed by atoms with Crippen molar-refractivity contribution < 1.29 is 28.9 Å². The minimum atomic E-state index is -0.720. The Kier molecular flexibility index (Phi) is 49.4. The molecule has 0 aliphatic heterocycles. The molecule has 1 N–H and O–H groups in total. The standard InChI is InChI=1S/C57H109NO6/c1-5-9-11-13-15-17-19-21-23-25-27-29-31-33-39-45-55(59)63-51-43-37-35-41-47-57(61,49-53-62-54-50-58(7-3)8-4)48-42-36-38-44-52-64-56(60)46-40-34-32-30-28-26-24-22-20-18-16-14-12-10-6-2/h21-24,61H,5-20,25-54H2,1-4H3/b23-21-,24-22-. The van der Waals surface area contributed by atoms with Crippen LogP contribution in [0.3, 0.4) is 0 Å². The van der Waals surface area contributed by atoms with Gasteiger partial charge in [-0.3, -0.25) is 9.59 Å². The van der Waals surface area contributed by atoms with Crippen molar-refractivity contribution >= 4 is 11.9 Å². The predicted molar refractivity (Wildman–Crippen MR) is 275 cm³/mol. The molecular formula is C57H109NO6. The topological polar surface area (TPSA) is 85.3 Å². The molecule has 0 aliphatic rings. The minimum absolute atomic E-state index is 0.0556. The summed E-state index contributed by atoms with van der Waals surface area (Å²) in [5.74, 6) is -0.111. The molecule has 0 amide bonds. The summed E-state index contributed by atoms with van der Waals surface area (Å²) in [4.78, 5) is 26.9. The molecule has 0 rings (SSSR count). The monoisotopic (exact) mass is 904 g/mol. The molecular weight excluding hydrogens is 795 g/mol. The summed E-state index contributed by atoms with van der Waals surface area (Å²) in [6, 6.07) is 0. The molecule has 378 valence electrons. The van der Waals surface area contributed by atoms with Crippen LogP contribution >= 0.6 is 0 Å². The SMILES string of the molecule is CCCCCCCC/C=C\CCCCCCCC(=O)OCCCCCCC(O)(CCCCCCOC(=O)CCCCCCC/C=C\CCCCCCCC)CCOCCN(CC)CC.